The van der Waals surface area contributed by atoms with Gasteiger partial charge in [-0.05, 0) is 60.9 Å². The number of carbonyl (C=O) groups is 1. The van der Waals surface area contributed by atoms with Crippen LogP contribution in [-0.4, -0.2) is 46.7 Å². The van der Waals surface area contributed by atoms with E-state index in [1.165, 1.54) is 12.1 Å². The summed E-state index contributed by atoms with van der Waals surface area (Å²) in [6.45, 7) is 7.74. The van der Waals surface area contributed by atoms with Crippen molar-refractivity contribution in [3.05, 3.63) is 99.2 Å². The fourth-order valence-electron chi connectivity index (χ4n) is 5.56. The lowest BCUT2D eigenvalue weighted by molar-refractivity contribution is -0.384. The molecule has 0 unspecified atom stereocenters. The minimum absolute atomic E-state index is 0.0842. The third-order valence-corrected chi connectivity index (χ3v) is 7.76. The van der Waals surface area contributed by atoms with E-state index in [9.17, 15) is 20.0 Å². The van der Waals surface area contributed by atoms with Gasteiger partial charge in [-0.1, -0.05) is 42.8 Å². The maximum Gasteiger partial charge on any atom is 0.338 e. The summed E-state index contributed by atoms with van der Waals surface area (Å²) >= 11 is 6.18. The zero-order valence-corrected chi connectivity index (χ0v) is 23.3. The van der Waals surface area contributed by atoms with E-state index in [0.717, 1.165) is 66.5 Å². The van der Waals surface area contributed by atoms with Crippen molar-refractivity contribution in [3.8, 4) is 22.4 Å². The van der Waals surface area contributed by atoms with Gasteiger partial charge in [0, 0.05) is 72.5 Å². The second-order valence-corrected chi connectivity index (χ2v) is 10.4. The first-order valence-corrected chi connectivity index (χ1v) is 13.7. The Kier molecular flexibility index (Phi) is 7.80. The highest BCUT2D eigenvalue weighted by Crippen LogP contribution is 2.41. The molecule has 1 aromatic heterocycles. The van der Waals surface area contributed by atoms with Crippen molar-refractivity contribution in [1.82, 2.24) is 4.57 Å². The van der Waals surface area contributed by atoms with Gasteiger partial charge < -0.3 is 19.5 Å². The van der Waals surface area contributed by atoms with Crippen LogP contribution in [0.4, 0.5) is 17.1 Å². The monoisotopic (exact) mass is 558 g/mol. The lowest BCUT2D eigenvalue weighted by Crippen LogP contribution is -2.46. The molecule has 0 saturated carbocycles. The molecule has 1 N–H and O–H groups in total. The molecule has 206 valence electrons. The summed E-state index contributed by atoms with van der Waals surface area (Å²) < 4.78 is 2.11. The van der Waals surface area contributed by atoms with E-state index in [-0.39, 0.29) is 10.6 Å². The van der Waals surface area contributed by atoms with E-state index in [0.29, 0.717) is 22.7 Å². The van der Waals surface area contributed by atoms with Crippen LogP contribution >= 0.6 is 11.6 Å². The molecule has 4 aromatic rings. The Bertz CT molecular complexity index is 1540. The highest BCUT2D eigenvalue weighted by atomic mass is 35.5. The number of nitro groups is 1. The Morgan fingerprint density at radius 3 is 2.12 bits per heavy atom. The molecule has 0 spiro atoms. The van der Waals surface area contributed by atoms with Crippen molar-refractivity contribution in [2.45, 2.75) is 26.8 Å². The molecule has 0 amide bonds. The quantitative estimate of drug-likeness (QED) is 0.183. The molecule has 40 heavy (non-hydrogen) atoms. The number of hydrogen-bond donors (Lipinski definition) is 1. The molecule has 0 aliphatic carbocycles. The fourth-order valence-corrected chi connectivity index (χ4v) is 5.68. The highest BCUT2D eigenvalue weighted by Gasteiger charge is 2.27. The number of nitrogens with zero attached hydrogens (tertiary/aromatic N) is 4. The summed E-state index contributed by atoms with van der Waals surface area (Å²) in [5.74, 6) is -0.945. The van der Waals surface area contributed by atoms with Crippen LogP contribution in [-0.2, 0) is 6.54 Å². The number of rotatable bonds is 8. The number of aromatic carboxylic acids is 1. The molecule has 1 aliphatic rings. The Morgan fingerprint density at radius 2 is 1.55 bits per heavy atom. The smallest absolute Gasteiger partial charge is 0.338 e. The van der Waals surface area contributed by atoms with Crippen LogP contribution in [0.15, 0.2) is 72.8 Å². The molecule has 0 atom stereocenters. The second kappa shape index (κ2) is 11.4. The Balaban J connectivity index is 1.48. The third-order valence-electron chi connectivity index (χ3n) is 7.51. The van der Waals surface area contributed by atoms with Crippen LogP contribution < -0.4 is 9.80 Å². The molecule has 2 heterocycles. The van der Waals surface area contributed by atoms with Crippen LogP contribution in [0, 0.1) is 17.0 Å². The van der Waals surface area contributed by atoms with Crippen LogP contribution in [0.25, 0.3) is 22.4 Å². The molecule has 3 aromatic carbocycles. The number of anilines is 2. The summed E-state index contributed by atoms with van der Waals surface area (Å²) in [5, 5.41) is 21.9. The maximum atomic E-state index is 12.6. The molecule has 1 fully saturated rings. The van der Waals surface area contributed by atoms with Gasteiger partial charge >= 0.3 is 5.97 Å². The minimum Gasteiger partial charge on any atom is -0.478 e. The lowest BCUT2D eigenvalue weighted by atomic mass is 9.96. The summed E-state index contributed by atoms with van der Waals surface area (Å²) in [5.41, 5.74) is 6.50. The minimum atomic E-state index is -0.945. The normalized spacial score (nSPS) is 13.5. The predicted molar refractivity (Wildman–Crippen MR) is 160 cm³/mol. The fraction of sp³-hybridized carbons (Fsp3) is 0.258. The molecule has 0 bridgehead atoms. The van der Waals surface area contributed by atoms with E-state index in [1.807, 2.05) is 43.3 Å². The van der Waals surface area contributed by atoms with Gasteiger partial charge in [-0.3, -0.25) is 10.1 Å². The second-order valence-electron chi connectivity index (χ2n) is 9.95. The van der Waals surface area contributed by atoms with E-state index in [4.69, 9.17) is 11.6 Å². The summed E-state index contributed by atoms with van der Waals surface area (Å²) in [4.78, 5) is 27.7. The molecular weight excluding hydrogens is 528 g/mol. The Hall–Kier alpha value is -4.30. The van der Waals surface area contributed by atoms with E-state index >= 15 is 0 Å². The topological polar surface area (TPSA) is 91.9 Å². The van der Waals surface area contributed by atoms with Gasteiger partial charge in [0.05, 0.1) is 16.2 Å². The first-order chi connectivity index (χ1) is 19.3. The largest absolute Gasteiger partial charge is 0.478 e. The van der Waals surface area contributed by atoms with Gasteiger partial charge in [0.1, 0.15) is 0 Å². The maximum absolute atomic E-state index is 12.6. The number of carboxylic acids is 1. The molecule has 0 radical (unpaired) electrons. The number of non-ortho nitro benzene ring substituents is 1. The number of hydrogen-bond acceptors (Lipinski definition) is 5. The number of carboxylic acid groups (broad SMARTS) is 1. The zero-order chi connectivity index (χ0) is 28.4. The number of halogens is 1. The van der Waals surface area contributed by atoms with Gasteiger partial charge in [0.2, 0.25) is 0 Å². The van der Waals surface area contributed by atoms with Crippen LogP contribution in [0.1, 0.15) is 29.4 Å². The van der Waals surface area contributed by atoms with Crippen LogP contribution in [0.2, 0.25) is 5.02 Å². The number of benzene rings is 3. The summed E-state index contributed by atoms with van der Waals surface area (Å²) in [6, 6.07) is 22.3. The molecule has 1 saturated heterocycles. The van der Waals surface area contributed by atoms with Gasteiger partial charge in [0.25, 0.3) is 5.69 Å². The average molecular weight is 559 g/mol. The van der Waals surface area contributed by atoms with Gasteiger partial charge in [-0.25, -0.2) is 4.79 Å². The average Bonchev–Trinajstić information content (AvgIpc) is 3.26. The molecule has 9 heteroatoms. The van der Waals surface area contributed by atoms with Crippen molar-refractivity contribution < 1.29 is 14.8 Å². The number of nitro benzene ring substituents is 1. The predicted octanol–water partition coefficient (Wildman–Crippen LogP) is 7.13. The van der Waals surface area contributed by atoms with Crippen molar-refractivity contribution >= 4 is 34.6 Å². The number of aromatic nitrogens is 1. The molecule has 8 nitrogen and oxygen atoms in total. The Morgan fingerprint density at radius 1 is 0.925 bits per heavy atom. The zero-order valence-electron chi connectivity index (χ0n) is 22.5. The van der Waals surface area contributed by atoms with Crippen molar-refractivity contribution in [2.75, 3.05) is 36.0 Å². The first-order valence-electron chi connectivity index (χ1n) is 13.4. The standard InChI is InChI=1S/C31H31ClN4O4/c1-3-15-35-21(2)28(31(37)38)29(30(35)22-7-9-24(32)10-8-22)23-5-4-6-27(20-23)34-18-16-33(17-19-34)25-11-13-26(14-12-25)36(39)40/h4-14,20H,3,15-19H2,1-2H3,(H,37,38). The van der Waals surface area contributed by atoms with Gasteiger partial charge in [-0.2, -0.15) is 0 Å². The van der Waals surface area contributed by atoms with Crippen LogP contribution in [0.5, 0.6) is 0 Å². The van der Waals surface area contributed by atoms with Crippen molar-refractivity contribution in [3.63, 3.8) is 0 Å². The van der Waals surface area contributed by atoms with E-state index in [1.54, 1.807) is 12.1 Å². The highest BCUT2D eigenvalue weighted by molar-refractivity contribution is 6.30. The lowest BCUT2D eigenvalue weighted by Gasteiger charge is -2.37. The molecule has 1 aliphatic heterocycles. The number of piperazine rings is 1. The first kappa shape index (κ1) is 27.3. The third kappa shape index (κ3) is 5.27. The molecule has 5 rings (SSSR count). The van der Waals surface area contributed by atoms with E-state index < -0.39 is 5.97 Å². The molecular formula is C31H31ClN4O4. The summed E-state index contributed by atoms with van der Waals surface area (Å²) in [7, 11) is 0. The van der Waals surface area contributed by atoms with Crippen molar-refractivity contribution in [1.29, 1.82) is 0 Å². The van der Waals surface area contributed by atoms with Crippen molar-refractivity contribution in [2.24, 2.45) is 0 Å². The van der Waals surface area contributed by atoms with Gasteiger partial charge in [0.15, 0.2) is 0 Å². The van der Waals surface area contributed by atoms with E-state index in [2.05, 4.69) is 33.4 Å². The van der Waals surface area contributed by atoms with Gasteiger partial charge in [-0.15, -0.1) is 0 Å². The van der Waals surface area contributed by atoms with Crippen LogP contribution in [0.3, 0.4) is 0 Å². The summed E-state index contributed by atoms with van der Waals surface area (Å²) in [6.07, 6.45) is 0.869. The Labute approximate surface area is 238 Å². The SMILES string of the molecule is CCCn1c(C)c(C(=O)O)c(-c2cccc(N3CCN(c4ccc([N+](=O)[O-])cc4)CC3)c2)c1-c1ccc(Cl)cc1.